The van der Waals surface area contributed by atoms with Crippen molar-refractivity contribution >= 4 is 17.8 Å². The molecule has 0 unspecified atom stereocenters. The van der Waals surface area contributed by atoms with Gasteiger partial charge >= 0.3 is 5.97 Å². The Labute approximate surface area is 110 Å². The second-order valence-electron chi connectivity index (χ2n) is 6.13. The van der Waals surface area contributed by atoms with Crippen molar-refractivity contribution in [1.29, 1.82) is 0 Å². The van der Waals surface area contributed by atoms with E-state index in [4.69, 9.17) is 5.11 Å². The third-order valence-corrected chi connectivity index (χ3v) is 5.30. The molecule has 2 amide bonds. The van der Waals surface area contributed by atoms with E-state index in [2.05, 4.69) is 12.2 Å². The summed E-state index contributed by atoms with van der Waals surface area (Å²) in [6.45, 7) is 0.0226. The second kappa shape index (κ2) is 3.46. The van der Waals surface area contributed by atoms with Crippen LogP contribution in [0.3, 0.4) is 0 Å². The SMILES string of the molecule is O=C(O)CCN1C(=O)[C@@H]2[C@H]3C=C[C@H]([C@H]4C[C@H]34)[C@@H]2C1=O. The lowest BCUT2D eigenvalue weighted by Gasteiger charge is -2.37. The smallest absolute Gasteiger partial charge is 0.305 e. The lowest BCUT2D eigenvalue weighted by atomic mass is 9.63. The highest BCUT2D eigenvalue weighted by atomic mass is 16.4. The van der Waals surface area contributed by atoms with E-state index in [0.717, 1.165) is 6.42 Å². The van der Waals surface area contributed by atoms with Gasteiger partial charge in [0.15, 0.2) is 0 Å². The molecule has 2 saturated carbocycles. The van der Waals surface area contributed by atoms with E-state index in [0.29, 0.717) is 11.8 Å². The molecule has 1 saturated heterocycles. The van der Waals surface area contributed by atoms with Gasteiger partial charge < -0.3 is 5.11 Å². The molecule has 0 spiro atoms. The van der Waals surface area contributed by atoms with Crippen molar-refractivity contribution in [3.05, 3.63) is 12.2 Å². The molecule has 0 aromatic heterocycles. The molecular weight excluding hydrogens is 246 g/mol. The van der Waals surface area contributed by atoms with E-state index in [1.54, 1.807) is 0 Å². The number of carboxylic acid groups (broad SMARTS) is 1. The number of nitrogens with zero attached hydrogens (tertiary/aromatic N) is 1. The molecule has 5 nitrogen and oxygen atoms in total. The van der Waals surface area contributed by atoms with Crippen LogP contribution in [0.5, 0.6) is 0 Å². The van der Waals surface area contributed by atoms with Crippen molar-refractivity contribution < 1.29 is 19.5 Å². The highest BCUT2D eigenvalue weighted by molar-refractivity contribution is 6.06. The quantitative estimate of drug-likeness (QED) is 0.593. The number of hydrogen-bond acceptors (Lipinski definition) is 3. The van der Waals surface area contributed by atoms with E-state index >= 15 is 0 Å². The first-order valence-corrected chi connectivity index (χ1v) is 6.85. The third kappa shape index (κ3) is 1.33. The first kappa shape index (κ1) is 11.2. The lowest BCUT2D eigenvalue weighted by Crippen LogP contribution is -2.40. The molecule has 4 aliphatic carbocycles. The minimum Gasteiger partial charge on any atom is -0.481 e. The molecule has 100 valence electrons. The number of allylic oxidation sites excluding steroid dienone is 2. The highest BCUT2D eigenvalue weighted by Crippen LogP contribution is 2.65. The average Bonchev–Trinajstić information content (AvgIpc) is 3.14. The zero-order chi connectivity index (χ0) is 13.3. The Morgan fingerprint density at radius 3 is 2.16 bits per heavy atom. The summed E-state index contributed by atoms with van der Waals surface area (Å²) < 4.78 is 0. The van der Waals surface area contributed by atoms with E-state index in [1.165, 1.54) is 4.90 Å². The minimum atomic E-state index is -0.973. The number of aliphatic carboxylic acids is 1. The Morgan fingerprint density at radius 2 is 1.68 bits per heavy atom. The summed E-state index contributed by atoms with van der Waals surface area (Å²) in [5.41, 5.74) is 0. The maximum Gasteiger partial charge on any atom is 0.305 e. The van der Waals surface area contributed by atoms with Gasteiger partial charge in [-0.1, -0.05) is 12.2 Å². The van der Waals surface area contributed by atoms with E-state index in [1.807, 2.05) is 0 Å². The van der Waals surface area contributed by atoms with Crippen LogP contribution in [0.4, 0.5) is 0 Å². The largest absolute Gasteiger partial charge is 0.481 e. The summed E-state index contributed by atoms with van der Waals surface area (Å²) in [4.78, 5) is 36.6. The average molecular weight is 261 g/mol. The Balaban J connectivity index is 1.63. The van der Waals surface area contributed by atoms with Gasteiger partial charge in [0, 0.05) is 6.54 Å². The number of rotatable bonds is 3. The molecule has 5 rings (SSSR count). The maximum atomic E-state index is 12.4. The van der Waals surface area contributed by atoms with Crippen molar-refractivity contribution in [3.63, 3.8) is 0 Å². The van der Waals surface area contributed by atoms with Gasteiger partial charge in [-0.3, -0.25) is 19.3 Å². The number of hydrogen-bond donors (Lipinski definition) is 1. The fourth-order valence-electron chi connectivity index (χ4n) is 4.45. The second-order valence-corrected chi connectivity index (χ2v) is 6.13. The van der Waals surface area contributed by atoms with Gasteiger partial charge in [-0.25, -0.2) is 0 Å². The van der Waals surface area contributed by atoms with E-state index in [9.17, 15) is 14.4 Å². The minimum absolute atomic E-state index is 0.0226. The summed E-state index contributed by atoms with van der Waals surface area (Å²) in [6, 6.07) is 0. The Morgan fingerprint density at radius 1 is 1.16 bits per heavy atom. The molecule has 0 aromatic carbocycles. The summed E-state index contributed by atoms with van der Waals surface area (Å²) in [6.07, 6.45) is 5.22. The molecule has 0 radical (unpaired) electrons. The molecule has 1 aliphatic heterocycles. The topological polar surface area (TPSA) is 74.7 Å². The van der Waals surface area contributed by atoms with Gasteiger partial charge in [0.2, 0.25) is 11.8 Å². The Bertz CT molecular complexity index is 490. The molecule has 1 heterocycles. The Hall–Kier alpha value is -1.65. The van der Waals surface area contributed by atoms with Crippen LogP contribution < -0.4 is 0 Å². The molecule has 5 heteroatoms. The first-order valence-electron chi connectivity index (χ1n) is 6.85. The van der Waals surface area contributed by atoms with Crippen molar-refractivity contribution in [2.75, 3.05) is 6.54 Å². The number of carbonyl (C=O) groups excluding carboxylic acids is 2. The molecule has 6 atom stereocenters. The Kier molecular flexibility index (Phi) is 2.04. The summed E-state index contributed by atoms with van der Waals surface area (Å²) >= 11 is 0. The van der Waals surface area contributed by atoms with Crippen molar-refractivity contribution in [2.45, 2.75) is 12.8 Å². The lowest BCUT2D eigenvalue weighted by molar-refractivity contribution is -0.142. The normalized spacial score (nSPS) is 45.4. The van der Waals surface area contributed by atoms with Crippen LogP contribution in [-0.4, -0.2) is 34.3 Å². The molecule has 0 aromatic rings. The zero-order valence-electron chi connectivity index (χ0n) is 10.4. The first-order chi connectivity index (χ1) is 9.09. The molecule has 1 N–H and O–H groups in total. The van der Waals surface area contributed by atoms with Crippen LogP contribution in [0.1, 0.15) is 12.8 Å². The van der Waals surface area contributed by atoms with Crippen LogP contribution in [0.2, 0.25) is 0 Å². The predicted molar refractivity (Wildman–Crippen MR) is 63.7 cm³/mol. The van der Waals surface area contributed by atoms with E-state index in [-0.39, 0.29) is 48.5 Å². The molecular formula is C14H15NO4. The number of likely N-dealkylation sites (tertiary alicyclic amines) is 1. The fraction of sp³-hybridized carbons (Fsp3) is 0.643. The van der Waals surface area contributed by atoms with Gasteiger partial charge in [-0.15, -0.1) is 0 Å². The van der Waals surface area contributed by atoms with Gasteiger partial charge in [0.05, 0.1) is 18.3 Å². The maximum absolute atomic E-state index is 12.4. The number of imide groups is 1. The van der Waals surface area contributed by atoms with Crippen molar-refractivity contribution in [1.82, 2.24) is 4.90 Å². The number of carbonyl (C=O) groups is 3. The highest BCUT2D eigenvalue weighted by Gasteiger charge is 2.66. The number of carboxylic acids is 1. The van der Waals surface area contributed by atoms with Crippen molar-refractivity contribution in [2.24, 2.45) is 35.5 Å². The molecule has 19 heavy (non-hydrogen) atoms. The van der Waals surface area contributed by atoms with Crippen molar-refractivity contribution in [3.8, 4) is 0 Å². The molecule has 3 fully saturated rings. The van der Waals surface area contributed by atoms with Crippen LogP contribution in [-0.2, 0) is 14.4 Å². The van der Waals surface area contributed by atoms with Gasteiger partial charge in [-0.2, -0.15) is 0 Å². The van der Waals surface area contributed by atoms with Crippen LogP contribution in [0.15, 0.2) is 12.2 Å². The van der Waals surface area contributed by atoms with Gasteiger partial charge in [0.1, 0.15) is 0 Å². The monoisotopic (exact) mass is 261 g/mol. The van der Waals surface area contributed by atoms with E-state index < -0.39 is 5.97 Å². The van der Waals surface area contributed by atoms with Gasteiger partial charge in [0.25, 0.3) is 0 Å². The third-order valence-electron chi connectivity index (χ3n) is 5.30. The summed E-state index contributed by atoms with van der Waals surface area (Å²) in [5, 5.41) is 8.71. The molecule has 2 bridgehead atoms. The number of amides is 2. The fourth-order valence-corrected chi connectivity index (χ4v) is 4.45. The summed E-state index contributed by atoms with van der Waals surface area (Å²) in [7, 11) is 0. The summed E-state index contributed by atoms with van der Waals surface area (Å²) in [5.74, 6) is -0.0567. The van der Waals surface area contributed by atoms with Crippen LogP contribution in [0.25, 0.3) is 0 Å². The van der Waals surface area contributed by atoms with Crippen LogP contribution >= 0.6 is 0 Å². The van der Waals surface area contributed by atoms with Crippen LogP contribution in [0, 0.1) is 35.5 Å². The van der Waals surface area contributed by atoms with Gasteiger partial charge in [-0.05, 0) is 30.1 Å². The zero-order valence-corrected chi connectivity index (χ0v) is 10.4. The predicted octanol–water partition coefficient (Wildman–Crippen LogP) is 0.514. The molecule has 5 aliphatic rings. The standard InChI is InChI=1S/C14H15NO4/c16-10(17)3-4-15-13(18)11-6-1-2-7(9-5-8(6)9)12(11)14(15)19/h1-2,6-9,11-12H,3-5H2,(H,16,17)/t6-,7+,8-,9-,11+,12-/m1/s1.